The maximum absolute atomic E-state index is 8.21. The molecule has 1 aromatic heterocycles. The van der Waals surface area contributed by atoms with E-state index in [1.165, 1.54) is 18.7 Å². The highest BCUT2D eigenvalue weighted by Crippen LogP contribution is 1.85. The molecule has 0 spiro atoms. The van der Waals surface area contributed by atoms with E-state index in [0.29, 0.717) is 5.56 Å². The number of nitriles is 1. The van der Waals surface area contributed by atoms with Crippen molar-refractivity contribution in [3.05, 3.63) is 24.3 Å². The van der Waals surface area contributed by atoms with E-state index in [4.69, 9.17) is 20.3 Å². The van der Waals surface area contributed by atoms with Crippen LogP contribution in [0.15, 0.2) is 18.7 Å². The molecule has 0 aliphatic heterocycles. The molecular formula is C5H6BN3O3. The van der Waals surface area contributed by atoms with Gasteiger partial charge in [0.05, 0.1) is 5.56 Å². The summed E-state index contributed by atoms with van der Waals surface area (Å²) in [6.07, 6.45) is 4.32. The van der Waals surface area contributed by atoms with E-state index in [1.54, 1.807) is 0 Å². The van der Waals surface area contributed by atoms with Crippen LogP contribution in [0, 0.1) is 11.3 Å². The van der Waals surface area contributed by atoms with Gasteiger partial charge in [-0.1, -0.05) is 0 Å². The lowest BCUT2D eigenvalue weighted by Gasteiger charge is -1.79. The van der Waals surface area contributed by atoms with E-state index in [2.05, 4.69) is 9.97 Å². The average Bonchev–Trinajstić information content (AvgIpc) is 2.05. The van der Waals surface area contributed by atoms with Gasteiger partial charge in [-0.15, -0.1) is 0 Å². The van der Waals surface area contributed by atoms with Crippen molar-refractivity contribution in [1.29, 1.82) is 5.26 Å². The van der Waals surface area contributed by atoms with E-state index < -0.39 is 7.32 Å². The van der Waals surface area contributed by atoms with Gasteiger partial charge in [0.2, 0.25) is 0 Å². The number of aromatic nitrogens is 2. The van der Waals surface area contributed by atoms with Crippen LogP contribution in [0.1, 0.15) is 5.56 Å². The van der Waals surface area contributed by atoms with Gasteiger partial charge in [-0.3, -0.25) is 0 Å². The standard InChI is InChI=1S/C5H3N3.BH3O3/c6-1-5-2-7-4-8-3-5;2-1(3)4/h2-4H;2-4H. The van der Waals surface area contributed by atoms with Gasteiger partial charge in [-0.2, -0.15) is 5.26 Å². The Kier molecular flexibility index (Phi) is 5.47. The van der Waals surface area contributed by atoms with Crippen LogP contribution in [0.25, 0.3) is 0 Å². The second kappa shape index (κ2) is 6.24. The van der Waals surface area contributed by atoms with E-state index >= 15 is 0 Å². The summed E-state index contributed by atoms with van der Waals surface area (Å²) in [4.78, 5) is 7.24. The molecule has 0 saturated carbocycles. The van der Waals surface area contributed by atoms with Gasteiger partial charge in [0.15, 0.2) is 0 Å². The molecule has 0 atom stereocenters. The fourth-order valence-corrected chi connectivity index (χ4v) is 0.357. The van der Waals surface area contributed by atoms with Crippen molar-refractivity contribution in [3.8, 4) is 6.07 Å². The summed E-state index contributed by atoms with van der Waals surface area (Å²) in [6.45, 7) is 0. The molecule has 0 saturated heterocycles. The molecular weight excluding hydrogens is 161 g/mol. The van der Waals surface area contributed by atoms with Gasteiger partial charge in [-0.05, 0) is 0 Å². The fourth-order valence-electron chi connectivity index (χ4n) is 0.357. The third-order valence-electron chi connectivity index (χ3n) is 0.690. The molecule has 62 valence electrons. The summed E-state index contributed by atoms with van der Waals surface area (Å²) >= 11 is 0. The van der Waals surface area contributed by atoms with Gasteiger partial charge >= 0.3 is 7.32 Å². The van der Waals surface area contributed by atoms with Gasteiger partial charge in [0.25, 0.3) is 0 Å². The SMILES string of the molecule is N#Cc1cncnc1.OB(O)O. The molecule has 0 amide bonds. The minimum Gasteiger partial charge on any atom is -0.402 e. The van der Waals surface area contributed by atoms with Crippen molar-refractivity contribution in [3.63, 3.8) is 0 Å². The monoisotopic (exact) mass is 167 g/mol. The lowest BCUT2D eigenvalue weighted by molar-refractivity contribution is 0.278. The Morgan fingerprint density at radius 2 is 1.67 bits per heavy atom. The zero-order chi connectivity index (χ0) is 9.40. The molecule has 0 unspecified atom stereocenters. The number of nitrogens with zero attached hydrogens (tertiary/aromatic N) is 3. The Morgan fingerprint density at radius 1 is 1.25 bits per heavy atom. The van der Waals surface area contributed by atoms with E-state index in [9.17, 15) is 0 Å². The summed E-state index contributed by atoms with van der Waals surface area (Å²) in [5, 5.41) is 29.7. The Bertz CT molecular complexity index is 245. The zero-order valence-electron chi connectivity index (χ0n) is 5.99. The molecule has 6 nitrogen and oxygen atoms in total. The van der Waals surface area contributed by atoms with Crippen LogP contribution in [0.5, 0.6) is 0 Å². The maximum Gasteiger partial charge on any atom is 0.631 e. The maximum atomic E-state index is 8.21. The first-order valence-electron chi connectivity index (χ1n) is 2.86. The highest BCUT2D eigenvalue weighted by molar-refractivity contribution is 6.30. The van der Waals surface area contributed by atoms with Crippen LogP contribution in [-0.4, -0.2) is 32.4 Å². The molecule has 7 heteroatoms. The van der Waals surface area contributed by atoms with Crippen LogP contribution in [-0.2, 0) is 0 Å². The second-order valence-electron chi connectivity index (χ2n) is 1.59. The third kappa shape index (κ3) is 6.63. The molecule has 0 bridgehead atoms. The minimum absolute atomic E-state index is 0.493. The predicted molar refractivity (Wildman–Crippen MR) is 39.2 cm³/mol. The lowest BCUT2D eigenvalue weighted by Crippen LogP contribution is -2.07. The van der Waals surface area contributed by atoms with E-state index in [1.807, 2.05) is 6.07 Å². The Labute approximate surface area is 68.9 Å². The Balaban J connectivity index is 0.000000261. The largest absolute Gasteiger partial charge is 0.631 e. The van der Waals surface area contributed by atoms with E-state index in [-0.39, 0.29) is 0 Å². The van der Waals surface area contributed by atoms with Crippen molar-refractivity contribution in [2.45, 2.75) is 0 Å². The van der Waals surface area contributed by atoms with Gasteiger partial charge in [0.1, 0.15) is 12.4 Å². The third-order valence-corrected chi connectivity index (χ3v) is 0.690. The average molecular weight is 167 g/mol. The molecule has 12 heavy (non-hydrogen) atoms. The van der Waals surface area contributed by atoms with E-state index in [0.717, 1.165) is 0 Å². The van der Waals surface area contributed by atoms with Gasteiger partial charge in [0, 0.05) is 12.4 Å². The summed E-state index contributed by atoms with van der Waals surface area (Å²) in [5.74, 6) is 0. The van der Waals surface area contributed by atoms with Crippen molar-refractivity contribution in [2.24, 2.45) is 0 Å². The molecule has 1 rings (SSSR count). The second-order valence-corrected chi connectivity index (χ2v) is 1.59. The summed E-state index contributed by atoms with van der Waals surface area (Å²) in [5.41, 5.74) is 0.493. The Hall–Kier alpha value is -1.49. The lowest BCUT2D eigenvalue weighted by atomic mass is 10.3. The normalized spacial score (nSPS) is 7.50. The van der Waals surface area contributed by atoms with Crippen molar-refractivity contribution in [1.82, 2.24) is 9.97 Å². The number of hydrogen-bond acceptors (Lipinski definition) is 6. The minimum atomic E-state index is -2.17. The first-order valence-corrected chi connectivity index (χ1v) is 2.86. The smallest absolute Gasteiger partial charge is 0.402 e. The topological polar surface area (TPSA) is 110 Å². The molecule has 0 aliphatic rings. The van der Waals surface area contributed by atoms with Crippen molar-refractivity contribution in [2.75, 3.05) is 0 Å². The van der Waals surface area contributed by atoms with Crippen LogP contribution in [0.2, 0.25) is 0 Å². The number of rotatable bonds is 0. The zero-order valence-corrected chi connectivity index (χ0v) is 5.99. The van der Waals surface area contributed by atoms with Crippen LogP contribution in [0.4, 0.5) is 0 Å². The molecule has 3 N–H and O–H groups in total. The first-order chi connectivity index (χ1) is 5.66. The quantitative estimate of drug-likeness (QED) is 0.397. The molecule has 1 aromatic rings. The predicted octanol–water partition coefficient (Wildman–Crippen LogP) is -1.70. The van der Waals surface area contributed by atoms with Gasteiger partial charge < -0.3 is 15.1 Å². The van der Waals surface area contributed by atoms with Crippen LogP contribution in [0.3, 0.4) is 0 Å². The van der Waals surface area contributed by atoms with Crippen molar-refractivity contribution >= 4 is 7.32 Å². The Morgan fingerprint density at radius 3 is 1.92 bits per heavy atom. The molecule has 1 heterocycles. The summed E-state index contributed by atoms with van der Waals surface area (Å²) in [6, 6.07) is 1.90. The van der Waals surface area contributed by atoms with Crippen LogP contribution < -0.4 is 0 Å². The van der Waals surface area contributed by atoms with Crippen LogP contribution >= 0.6 is 0 Å². The molecule has 0 radical (unpaired) electrons. The summed E-state index contributed by atoms with van der Waals surface area (Å²) < 4.78 is 0. The molecule has 0 aromatic carbocycles. The fraction of sp³-hybridized carbons (Fsp3) is 0. The van der Waals surface area contributed by atoms with Crippen molar-refractivity contribution < 1.29 is 15.1 Å². The molecule has 0 aliphatic carbocycles. The molecule has 0 fully saturated rings. The van der Waals surface area contributed by atoms with Gasteiger partial charge in [-0.25, -0.2) is 9.97 Å². The first kappa shape index (κ1) is 10.5. The highest BCUT2D eigenvalue weighted by Gasteiger charge is 1.92. The highest BCUT2D eigenvalue weighted by atomic mass is 16.5. The summed E-state index contributed by atoms with van der Waals surface area (Å²) in [7, 11) is -2.17. The number of hydrogen-bond donors (Lipinski definition) is 3.